The number of nitrogens with zero attached hydrogens (tertiary/aromatic N) is 2. The van der Waals surface area contributed by atoms with E-state index >= 15 is 0 Å². The zero-order valence-electron chi connectivity index (χ0n) is 5.84. The van der Waals surface area contributed by atoms with Gasteiger partial charge in [-0.1, -0.05) is 0 Å². The lowest BCUT2D eigenvalue weighted by Gasteiger charge is -1.88. The molecule has 12 heavy (non-hydrogen) atoms. The van der Waals surface area contributed by atoms with Gasteiger partial charge in [0.05, 0.1) is 5.56 Å². The first-order valence-electron chi connectivity index (χ1n) is 2.35. The Morgan fingerprint density at radius 3 is 1.83 bits per heavy atom. The lowest BCUT2D eigenvalue weighted by molar-refractivity contribution is 0.0999. The second-order valence-corrected chi connectivity index (χ2v) is 1.49. The highest BCUT2D eigenvalue weighted by atomic mass is 35.5. The van der Waals surface area contributed by atoms with Crippen LogP contribution < -0.4 is 5.73 Å². The number of halogens is 3. The van der Waals surface area contributed by atoms with Crippen molar-refractivity contribution in [3.8, 4) is 0 Å². The maximum Gasteiger partial charge on any atom is 0.251 e. The van der Waals surface area contributed by atoms with E-state index in [-0.39, 0.29) is 37.2 Å². The summed E-state index contributed by atoms with van der Waals surface area (Å²) >= 11 is 0. The second kappa shape index (κ2) is 8.52. The first-order valence-corrected chi connectivity index (χ1v) is 2.35. The summed E-state index contributed by atoms with van der Waals surface area (Å²) < 4.78 is 0. The average Bonchev–Trinajstić information content (AvgIpc) is 1.90. The van der Waals surface area contributed by atoms with Crippen LogP contribution in [0.5, 0.6) is 0 Å². The fraction of sp³-hybridized carbons (Fsp3) is 0. The third-order valence-corrected chi connectivity index (χ3v) is 0.845. The molecule has 0 aromatic carbocycles. The third kappa shape index (κ3) is 5.12. The summed E-state index contributed by atoms with van der Waals surface area (Å²) in [6, 6.07) is 0. The molecule has 1 aromatic rings. The molecule has 0 radical (unpaired) electrons. The quantitative estimate of drug-likeness (QED) is 0.780. The molecule has 70 valence electrons. The van der Waals surface area contributed by atoms with Gasteiger partial charge in [-0.15, -0.1) is 37.2 Å². The molecule has 7 heteroatoms. The summed E-state index contributed by atoms with van der Waals surface area (Å²) in [7, 11) is 0. The summed E-state index contributed by atoms with van der Waals surface area (Å²) in [6.45, 7) is 0. The Hall–Kier alpha value is -0.580. The van der Waals surface area contributed by atoms with E-state index < -0.39 is 5.91 Å². The smallest absolute Gasteiger partial charge is 0.251 e. The molecule has 2 N–H and O–H groups in total. The maximum atomic E-state index is 10.3. The molecule has 0 unspecified atom stereocenters. The number of carbonyl (C=O) groups is 1. The summed E-state index contributed by atoms with van der Waals surface area (Å²) in [5, 5.41) is 0. The van der Waals surface area contributed by atoms with Gasteiger partial charge in [0.1, 0.15) is 6.33 Å². The van der Waals surface area contributed by atoms with Crippen molar-refractivity contribution in [2.24, 2.45) is 5.73 Å². The van der Waals surface area contributed by atoms with E-state index in [2.05, 4.69) is 9.97 Å². The zero-order chi connectivity index (χ0) is 6.69. The molecule has 1 rings (SSSR count). The first kappa shape index (κ1) is 17.5. The van der Waals surface area contributed by atoms with Gasteiger partial charge in [-0.2, -0.15) is 0 Å². The van der Waals surface area contributed by atoms with Crippen LogP contribution in [0, 0.1) is 0 Å². The zero-order valence-corrected chi connectivity index (χ0v) is 8.29. The molecule has 0 bridgehead atoms. The van der Waals surface area contributed by atoms with Crippen LogP contribution in [-0.4, -0.2) is 15.9 Å². The van der Waals surface area contributed by atoms with Crippen molar-refractivity contribution in [3.05, 3.63) is 24.3 Å². The molecule has 0 spiro atoms. The van der Waals surface area contributed by atoms with E-state index in [4.69, 9.17) is 5.73 Å². The predicted molar refractivity (Wildman–Crippen MR) is 52.3 cm³/mol. The van der Waals surface area contributed by atoms with Gasteiger partial charge in [0.15, 0.2) is 0 Å². The molecule has 0 fully saturated rings. The first-order chi connectivity index (χ1) is 4.30. The number of aromatic nitrogens is 2. The van der Waals surface area contributed by atoms with Crippen molar-refractivity contribution < 1.29 is 4.79 Å². The molecule has 0 saturated heterocycles. The highest BCUT2D eigenvalue weighted by Gasteiger charge is 1.96. The Balaban J connectivity index is -0.000000270. The van der Waals surface area contributed by atoms with Crippen LogP contribution in [0.2, 0.25) is 0 Å². The number of hydrogen-bond acceptors (Lipinski definition) is 3. The van der Waals surface area contributed by atoms with Gasteiger partial charge >= 0.3 is 0 Å². The highest BCUT2D eigenvalue weighted by Crippen LogP contribution is 1.87. The van der Waals surface area contributed by atoms with Crippen molar-refractivity contribution in [2.75, 3.05) is 0 Å². The Kier molecular flexibility index (Phi) is 12.4. The minimum absolute atomic E-state index is 0. The monoisotopic (exact) mass is 231 g/mol. The average molecular weight is 232 g/mol. The van der Waals surface area contributed by atoms with Gasteiger partial charge in [-0.05, 0) is 0 Å². The van der Waals surface area contributed by atoms with Crippen molar-refractivity contribution >= 4 is 43.1 Å². The maximum absolute atomic E-state index is 10.3. The van der Waals surface area contributed by atoms with Crippen molar-refractivity contribution in [1.82, 2.24) is 9.97 Å². The Morgan fingerprint density at radius 1 is 1.17 bits per heavy atom. The van der Waals surface area contributed by atoms with E-state index in [9.17, 15) is 4.79 Å². The molecule has 4 nitrogen and oxygen atoms in total. The van der Waals surface area contributed by atoms with Gasteiger partial charge in [0.2, 0.25) is 0 Å². The molecule has 1 heterocycles. The lowest BCUT2D eigenvalue weighted by atomic mass is 10.3. The summed E-state index contributed by atoms with van der Waals surface area (Å²) in [6.07, 6.45) is 4.08. The van der Waals surface area contributed by atoms with E-state index in [0.717, 1.165) is 0 Å². The Labute approximate surface area is 88.2 Å². The van der Waals surface area contributed by atoms with Gasteiger partial charge in [-0.25, -0.2) is 9.97 Å². The van der Waals surface area contributed by atoms with Crippen LogP contribution in [0.25, 0.3) is 0 Å². The van der Waals surface area contributed by atoms with Crippen LogP contribution in [0.15, 0.2) is 18.7 Å². The van der Waals surface area contributed by atoms with Crippen LogP contribution in [0.1, 0.15) is 10.4 Å². The normalized spacial score (nSPS) is 6.67. The summed E-state index contributed by atoms with van der Waals surface area (Å²) in [5.41, 5.74) is 5.23. The number of primary amides is 1. The molecule has 1 amide bonds. The predicted octanol–water partition coefficient (Wildman–Crippen LogP) is 0.841. The molecule has 0 atom stereocenters. The highest BCUT2D eigenvalue weighted by molar-refractivity contribution is 5.91. The van der Waals surface area contributed by atoms with E-state index in [0.29, 0.717) is 5.56 Å². The van der Waals surface area contributed by atoms with Gasteiger partial charge in [0.25, 0.3) is 5.91 Å². The minimum Gasteiger partial charge on any atom is -0.366 e. The number of amides is 1. The van der Waals surface area contributed by atoms with Crippen LogP contribution >= 0.6 is 37.2 Å². The molecule has 0 saturated carbocycles. The fourth-order valence-corrected chi connectivity index (χ4v) is 0.426. The van der Waals surface area contributed by atoms with Crippen molar-refractivity contribution in [2.45, 2.75) is 0 Å². The van der Waals surface area contributed by atoms with Crippen LogP contribution in [-0.2, 0) is 0 Å². The van der Waals surface area contributed by atoms with E-state index in [1.165, 1.54) is 18.7 Å². The van der Waals surface area contributed by atoms with Gasteiger partial charge in [-0.3, -0.25) is 4.79 Å². The minimum atomic E-state index is -0.504. The SMILES string of the molecule is Cl.Cl.Cl.NC(=O)c1cncnc1. The largest absolute Gasteiger partial charge is 0.366 e. The third-order valence-electron chi connectivity index (χ3n) is 0.845. The number of nitrogens with two attached hydrogens (primary N) is 1. The number of rotatable bonds is 1. The molecule has 0 aliphatic carbocycles. The molecule has 1 aromatic heterocycles. The second-order valence-electron chi connectivity index (χ2n) is 1.49. The van der Waals surface area contributed by atoms with Gasteiger partial charge in [0, 0.05) is 12.4 Å². The van der Waals surface area contributed by atoms with Gasteiger partial charge < -0.3 is 5.73 Å². The standard InChI is InChI=1S/C5H5N3O.3ClH/c6-5(9)4-1-7-3-8-2-4;;;/h1-3H,(H2,6,9);3*1H. The Morgan fingerprint density at radius 2 is 1.58 bits per heavy atom. The topological polar surface area (TPSA) is 68.9 Å². The summed E-state index contributed by atoms with van der Waals surface area (Å²) in [5.74, 6) is -0.504. The number of carbonyl (C=O) groups excluding carboxylic acids is 1. The van der Waals surface area contributed by atoms with Crippen LogP contribution in [0.3, 0.4) is 0 Å². The van der Waals surface area contributed by atoms with E-state index in [1.807, 2.05) is 0 Å². The fourth-order valence-electron chi connectivity index (χ4n) is 0.426. The molecule has 0 aliphatic heterocycles. The lowest BCUT2D eigenvalue weighted by Crippen LogP contribution is -2.11. The summed E-state index contributed by atoms with van der Waals surface area (Å²) in [4.78, 5) is 17.5. The molecular weight excluding hydrogens is 224 g/mol. The van der Waals surface area contributed by atoms with Crippen molar-refractivity contribution in [1.29, 1.82) is 0 Å². The number of hydrogen-bond donors (Lipinski definition) is 1. The van der Waals surface area contributed by atoms with E-state index in [1.54, 1.807) is 0 Å². The van der Waals surface area contributed by atoms with Crippen LogP contribution in [0.4, 0.5) is 0 Å². The molecular formula is C5H8Cl3N3O. The van der Waals surface area contributed by atoms with Crippen molar-refractivity contribution in [3.63, 3.8) is 0 Å². The molecule has 0 aliphatic rings. The Bertz CT molecular complexity index is 218.